The van der Waals surface area contributed by atoms with Gasteiger partial charge in [0.15, 0.2) is 0 Å². The molecule has 0 radical (unpaired) electrons. The van der Waals surface area contributed by atoms with Crippen LogP contribution in [0.1, 0.15) is 12.8 Å². The molecule has 0 amide bonds. The number of nitrogens with zero attached hydrogens (tertiary/aromatic N) is 1. The maximum absolute atomic E-state index is 13.4. The maximum atomic E-state index is 13.4. The van der Waals surface area contributed by atoms with Gasteiger partial charge in [-0.15, -0.1) is 0 Å². The first-order valence-corrected chi connectivity index (χ1v) is 4.86. The summed E-state index contributed by atoms with van der Waals surface area (Å²) in [7, 11) is 0. The van der Waals surface area contributed by atoms with E-state index in [1.807, 2.05) is 12.1 Å². The normalized spacial score (nSPS) is 30.4. The first-order valence-electron chi connectivity index (χ1n) is 4.86. The van der Waals surface area contributed by atoms with Crippen LogP contribution < -0.4 is 4.90 Å². The fraction of sp³-hybridized carbons (Fsp3) is 0.455. The second-order valence-corrected chi connectivity index (χ2v) is 4.10. The van der Waals surface area contributed by atoms with Gasteiger partial charge in [0.25, 0.3) is 0 Å². The molecular weight excluding hydrogens is 165 g/mol. The lowest BCUT2D eigenvalue weighted by Gasteiger charge is -2.27. The van der Waals surface area contributed by atoms with Crippen molar-refractivity contribution in [3.05, 3.63) is 30.1 Å². The summed E-state index contributed by atoms with van der Waals surface area (Å²) in [5, 5.41) is 0. The highest BCUT2D eigenvalue weighted by atomic mass is 19.1. The second-order valence-electron chi connectivity index (χ2n) is 4.10. The van der Waals surface area contributed by atoms with Gasteiger partial charge in [-0.05, 0) is 30.9 Å². The molecule has 0 atom stereocenters. The van der Waals surface area contributed by atoms with Gasteiger partial charge in [-0.25, -0.2) is 4.39 Å². The van der Waals surface area contributed by atoms with Crippen molar-refractivity contribution in [1.82, 2.24) is 0 Å². The largest absolute Gasteiger partial charge is 0.366 e. The van der Waals surface area contributed by atoms with Gasteiger partial charge in [-0.2, -0.15) is 0 Å². The second kappa shape index (κ2) is 2.47. The first kappa shape index (κ1) is 7.36. The predicted octanol–water partition coefficient (Wildman–Crippen LogP) is 2.42. The van der Waals surface area contributed by atoms with Gasteiger partial charge in [0.2, 0.25) is 0 Å². The topological polar surface area (TPSA) is 3.24 Å². The van der Waals surface area contributed by atoms with Crippen molar-refractivity contribution in [2.45, 2.75) is 18.9 Å². The Labute approximate surface area is 77.2 Å². The number of para-hydroxylation sites is 1. The van der Waals surface area contributed by atoms with Gasteiger partial charge in [0.05, 0.1) is 5.69 Å². The molecule has 2 heteroatoms. The maximum Gasteiger partial charge on any atom is 0.146 e. The van der Waals surface area contributed by atoms with Crippen LogP contribution in [0.3, 0.4) is 0 Å². The Kier molecular flexibility index (Phi) is 1.40. The Morgan fingerprint density at radius 1 is 1.23 bits per heavy atom. The highest BCUT2D eigenvalue weighted by Crippen LogP contribution is 2.43. The van der Waals surface area contributed by atoms with Crippen LogP contribution in [-0.4, -0.2) is 12.6 Å². The molecule has 0 N–H and O–H groups in total. The highest BCUT2D eigenvalue weighted by molar-refractivity contribution is 5.51. The molecule has 3 aliphatic rings. The number of rotatable bonds is 1. The number of halogens is 1. The van der Waals surface area contributed by atoms with Crippen molar-refractivity contribution in [3.8, 4) is 0 Å². The molecule has 1 aliphatic carbocycles. The zero-order valence-electron chi connectivity index (χ0n) is 7.41. The number of hydrogen-bond donors (Lipinski definition) is 0. The molecule has 0 spiro atoms. The van der Waals surface area contributed by atoms with E-state index in [2.05, 4.69) is 4.90 Å². The molecule has 0 unspecified atom stereocenters. The van der Waals surface area contributed by atoms with Gasteiger partial charge >= 0.3 is 0 Å². The summed E-state index contributed by atoms with van der Waals surface area (Å²) in [5.41, 5.74) is 0.799. The Morgan fingerprint density at radius 2 is 2.00 bits per heavy atom. The predicted molar refractivity (Wildman–Crippen MR) is 50.3 cm³/mol. The van der Waals surface area contributed by atoms with E-state index in [1.165, 1.54) is 12.8 Å². The molecule has 1 nitrogen and oxygen atoms in total. The molecule has 13 heavy (non-hydrogen) atoms. The van der Waals surface area contributed by atoms with Gasteiger partial charge < -0.3 is 4.90 Å². The van der Waals surface area contributed by atoms with Crippen molar-refractivity contribution in [3.63, 3.8) is 0 Å². The monoisotopic (exact) mass is 177 g/mol. The minimum atomic E-state index is -0.0740. The third-order valence-corrected chi connectivity index (χ3v) is 3.27. The third kappa shape index (κ3) is 0.978. The SMILES string of the molecule is Fc1ccccc1N1CC2CC1C2. The molecule has 1 aromatic rings. The van der Waals surface area contributed by atoms with Crippen LogP contribution in [0.4, 0.5) is 10.1 Å². The highest BCUT2D eigenvalue weighted by Gasteiger charge is 2.43. The lowest BCUT2D eigenvalue weighted by Crippen LogP contribution is -2.29. The van der Waals surface area contributed by atoms with Crippen molar-refractivity contribution >= 4 is 5.69 Å². The summed E-state index contributed by atoms with van der Waals surface area (Å²) in [5.74, 6) is 0.764. The molecule has 2 aliphatic heterocycles. The molecule has 2 heterocycles. The summed E-state index contributed by atoms with van der Waals surface area (Å²) >= 11 is 0. The van der Waals surface area contributed by atoms with E-state index >= 15 is 0 Å². The lowest BCUT2D eigenvalue weighted by atomic mass is 9.86. The molecule has 2 saturated heterocycles. The van der Waals surface area contributed by atoms with Crippen LogP contribution in [0, 0.1) is 11.7 Å². The van der Waals surface area contributed by atoms with Gasteiger partial charge in [0, 0.05) is 12.6 Å². The average Bonchev–Trinajstić information content (AvgIpc) is 2.61. The van der Waals surface area contributed by atoms with Crippen LogP contribution in [0.15, 0.2) is 24.3 Å². The summed E-state index contributed by atoms with van der Waals surface area (Å²) in [4.78, 5) is 2.22. The third-order valence-electron chi connectivity index (χ3n) is 3.27. The Morgan fingerprint density at radius 3 is 2.62 bits per heavy atom. The first-order chi connectivity index (χ1) is 6.34. The standard InChI is InChI=1S/C11H12FN/c12-10-3-1-2-4-11(10)13-7-8-5-9(13)6-8/h1-4,8-9H,5-7H2. The van der Waals surface area contributed by atoms with Crippen LogP contribution in [-0.2, 0) is 0 Å². The van der Waals surface area contributed by atoms with Crippen molar-refractivity contribution in [2.75, 3.05) is 11.4 Å². The molecule has 0 aromatic heterocycles. The molecule has 68 valence electrons. The van der Waals surface area contributed by atoms with E-state index in [0.29, 0.717) is 6.04 Å². The molecule has 3 fully saturated rings. The fourth-order valence-corrected chi connectivity index (χ4v) is 2.51. The molecule has 4 rings (SSSR count). The van der Waals surface area contributed by atoms with E-state index in [-0.39, 0.29) is 5.82 Å². The fourth-order valence-electron chi connectivity index (χ4n) is 2.51. The molecule has 1 saturated carbocycles. The lowest BCUT2D eigenvalue weighted by molar-refractivity contribution is 0.380. The quantitative estimate of drug-likeness (QED) is 0.636. The molecule has 2 bridgehead atoms. The van der Waals surface area contributed by atoms with Crippen LogP contribution in [0.2, 0.25) is 0 Å². The van der Waals surface area contributed by atoms with E-state index in [0.717, 1.165) is 18.2 Å². The minimum Gasteiger partial charge on any atom is -0.366 e. The molecule has 1 aromatic carbocycles. The zero-order valence-corrected chi connectivity index (χ0v) is 7.41. The number of anilines is 1. The molecular formula is C11H12FN. The number of fused-ring (bicyclic) bond motifs is 1. The van der Waals surface area contributed by atoms with Crippen molar-refractivity contribution < 1.29 is 4.39 Å². The number of benzene rings is 1. The minimum absolute atomic E-state index is 0.0740. The van der Waals surface area contributed by atoms with Gasteiger partial charge in [0.1, 0.15) is 5.82 Å². The van der Waals surface area contributed by atoms with Crippen LogP contribution >= 0.6 is 0 Å². The number of hydrogen-bond acceptors (Lipinski definition) is 1. The summed E-state index contributed by atoms with van der Waals surface area (Å²) < 4.78 is 13.4. The average molecular weight is 177 g/mol. The summed E-state index contributed by atoms with van der Waals surface area (Å²) in [6, 6.07) is 7.72. The smallest absolute Gasteiger partial charge is 0.146 e. The summed E-state index contributed by atoms with van der Waals surface area (Å²) in [6.07, 6.45) is 2.54. The Balaban J connectivity index is 1.96. The van der Waals surface area contributed by atoms with Crippen molar-refractivity contribution in [1.29, 1.82) is 0 Å². The summed E-state index contributed by atoms with van der Waals surface area (Å²) in [6.45, 7) is 1.06. The van der Waals surface area contributed by atoms with E-state index in [9.17, 15) is 4.39 Å². The zero-order chi connectivity index (χ0) is 8.84. The Bertz CT molecular complexity index is 331. The van der Waals surface area contributed by atoms with E-state index in [4.69, 9.17) is 0 Å². The van der Waals surface area contributed by atoms with Crippen LogP contribution in [0.5, 0.6) is 0 Å². The van der Waals surface area contributed by atoms with Gasteiger partial charge in [-0.3, -0.25) is 0 Å². The van der Waals surface area contributed by atoms with Crippen molar-refractivity contribution in [2.24, 2.45) is 5.92 Å². The van der Waals surface area contributed by atoms with Crippen LogP contribution in [0.25, 0.3) is 0 Å². The Hall–Kier alpha value is -1.05. The van der Waals surface area contributed by atoms with Gasteiger partial charge in [-0.1, -0.05) is 12.1 Å². The van der Waals surface area contributed by atoms with E-state index < -0.39 is 0 Å². The van der Waals surface area contributed by atoms with E-state index in [1.54, 1.807) is 12.1 Å².